The third-order valence-electron chi connectivity index (χ3n) is 7.63. The number of hydrogen-bond donors (Lipinski definition) is 3. The molecule has 4 aromatic carbocycles. The van der Waals surface area contributed by atoms with E-state index in [0.29, 0.717) is 0 Å². The first kappa shape index (κ1) is 52.6. The van der Waals surface area contributed by atoms with E-state index in [9.17, 15) is 0 Å². The average molecular weight is 910 g/mol. The van der Waals surface area contributed by atoms with Crippen molar-refractivity contribution in [1.29, 1.82) is 0 Å². The van der Waals surface area contributed by atoms with Gasteiger partial charge in [0.1, 0.15) is 23.0 Å². The molecule has 0 heterocycles. The van der Waals surface area contributed by atoms with Gasteiger partial charge in [-0.25, -0.2) is 0 Å². The molecule has 0 aliphatic carbocycles. The first-order valence-corrected chi connectivity index (χ1v) is 34.0. The van der Waals surface area contributed by atoms with Gasteiger partial charge in [-0.15, -0.1) is 48.2 Å². The van der Waals surface area contributed by atoms with E-state index in [2.05, 4.69) is 128 Å². The monoisotopic (exact) mass is 909 g/mol. The van der Waals surface area contributed by atoms with Gasteiger partial charge < -0.3 is 39.8 Å². The van der Waals surface area contributed by atoms with Gasteiger partial charge in [-0.05, 0) is 48.5 Å². The van der Waals surface area contributed by atoms with E-state index in [1.807, 2.05) is 36.4 Å². The Kier molecular flexibility index (Phi) is 22.5. The van der Waals surface area contributed by atoms with Gasteiger partial charge in [0.05, 0.1) is 32.3 Å². The molecule has 4 nitrogen and oxygen atoms in total. The van der Waals surface area contributed by atoms with Gasteiger partial charge in [0, 0.05) is 15.9 Å². The predicted molar refractivity (Wildman–Crippen MR) is 253 cm³/mol. The Morgan fingerprint density at radius 3 is 0.963 bits per heavy atom. The van der Waals surface area contributed by atoms with Crippen LogP contribution in [0.15, 0.2) is 106 Å². The van der Waals surface area contributed by atoms with Crippen LogP contribution in [0.4, 0.5) is 0 Å². The van der Waals surface area contributed by atoms with Crippen LogP contribution < -0.4 is 30.2 Å². The van der Waals surface area contributed by atoms with E-state index in [1.165, 1.54) is 20.7 Å². The summed E-state index contributed by atoms with van der Waals surface area (Å²) in [6.07, 6.45) is -0.167. The minimum atomic E-state index is -1.48. The van der Waals surface area contributed by atoms with Gasteiger partial charge in [0.2, 0.25) is 0 Å². The molecule has 295 valence electrons. The Labute approximate surface area is 363 Å². The minimum absolute atomic E-state index is 0.167. The van der Waals surface area contributed by atoms with Crippen LogP contribution in [-0.4, -0.2) is 43.5 Å². The maximum absolute atomic E-state index is 8.19. The van der Waals surface area contributed by atoms with Crippen LogP contribution in [0, 0.1) is 0 Å². The van der Waals surface area contributed by atoms with E-state index in [0.717, 1.165) is 59.9 Å². The van der Waals surface area contributed by atoms with Crippen molar-refractivity contribution in [2.75, 3.05) is 0 Å². The van der Waals surface area contributed by atoms with Crippen LogP contribution >= 0.6 is 25.3 Å². The van der Waals surface area contributed by atoms with Crippen molar-refractivity contribution < 1.29 is 35.6 Å². The fraction of sp³-hybridized carbons (Fsp3) is 0.366. The van der Waals surface area contributed by atoms with E-state index in [-0.39, 0.29) is 6.10 Å². The summed E-state index contributed by atoms with van der Waals surface area (Å²) in [6, 6.07) is 24.7. The zero-order chi connectivity index (χ0) is 42.4. The second-order valence-electron chi connectivity index (χ2n) is 16.9. The molecule has 0 aromatic heterocycles. The van der Waals surface area contributed by atoms with Gasteiger partial charge in [0.15, 0.2) is 0 Å². The molecule has 4 aromatic rings. The molecule has 0 radical (unpaired) electrons. The number of aliphatic hydroxyl groups is 1. The first-order chi connectivity index (χ1) is 24.8. The van der Waals surface area contributed by atoms with Crippen LogP contribution in [0.25, 0.3) is 0 Å². The topological polar surface area (TPSA) is 55.8 Å². The van der Waals surface area contributed by atoms with E-state index in [4.69, 9.17) is 68.8 Å². The van der Waals surface area contributed by atoms with Crippen LogP contribution in [0.5, 0.6) is 23.0 Å². The fourth-order valence-corrected chi connectivity index (χ4v) is 15.3. The Morgan fingerprint density at radius 2 is 0.722 bits per heavy atom. The molecule has 13 heteroatoms. The molecule has 0 saturated carbocycles. The van der Waals surface area contributed by atoms with Crippen molar-refractivity contribution in [1.82, 2.24) is 0 Å². The van der Waals surface area contributed by atoms with Crippen molar-refractivity contribution in [3.8, 4) is 23.0 Å². The van der Waals surface area contributed by atoms with Crippen LogP contribution in [0.2, 0.25) is 78.6 Å². The molecule has 1 N–H and O–H groups in total. The molecule has 4 rings (SSSR count). The third-order valence-corrected chi connectivity index (χ3v) is 18.3. The summed E-state index contributed by atoms with van der Waals surface area (Å²) in [5.41, 5.74) is 0. The summed E-state index contributed by atoms with van der Waals surface area (Å²) in [5.74, 6) is 3.13. The summed E-state index contributed by atoms with van der Waals surface area (Å²) in [4.78, 5) is 3.58. The Bertz CT molecular complexity index is 1530. The molecule has 0 saturated heterocycles. The van der Waals surface area contributed by atoms with Crippen LogP contribution in [0.3, 0.4) is 0 Å². The predicted octanol–water partition coefficient (Wildman–Crippen LogP) is 10.6. The van der Waals surface area contributed by atoms with E-state index in [1.54, 1.807) is 13.8 Å². The van der Waals surface area contributed by atoms with Gasteiger partial charge in [-0.2, -0.15) is 0 Å². The van der Waals surface area contributed by atoms with Crippen LogP contribution in [-0.2, 0) is 46.3 Å². The number of ether oxygens (including phenoxy) is 2. The summed E-state index contributed by atoms with van der Waals surface area (Å²) in [5, 5.41) is 13.2. The number of aliphatic hydroxyl groups excluding tert-OH is 1. The zero-order valence-corrected chi connectivity index (χ0v) is 43.6. The van der Waals surface area contributed by atoms with Gasteiger partial charge in [0.25, 0.3) is 0 Å². The Balaban J connectivity index is 0.000000873. The molecule has 0 unspecified atom stereocenters. The van der Waals surface area contributed by atoms with E-state index < -0.39 is 32.3 Å². The fourth-order valence-electron chi connectivity index (χ4n) is 5.03. The Morgan fingerprint density at radius 1 is 0.519 bits per heavy atom. The molecule has 54 heavy (non-hydrogen) atoms. The quantitative estimate of drug-likeness (QED) is 0.0709. The maximum atomic E-state index is 8.19. The van der Waals surface area contributed by atoms with Crippen molar-refractivity contribution >= 4 is 104 Å². The molecule has 0 bridgehead atoms. The first-order valence-electron chi connectivity index (χ1n) is 17.7. The van der Waals surface area contributed by atoms with Crippen molar-refractivity contribution in [2.24, 2.45) is 0 Å². The standard InChI is InChI=1S/2C18H26OS2Si2.C3H8O.C2H4.O.V/c2*1-22(2,3)15-11-7-9-13(17(15)20)19-14-10-8-12-16(18(14)21)23(4,5)6;1-3(2)4;1-2;;/h2*7-12,20-21H,1-6H3;3-4H,1-2H3;1-2H2;;/q;;;;;+2/p-2. The molecule has 0 spiro atoms. The van der Waals surface area contributed by atoms with Crippen molar-refractivity contribution in [2.45, 2.75) is 118 Å². The zero-order valence-electron chi connectivity index (χ0n) is 34.7. The Hall–Kier alpha value is -1.43. The van der Waals surface area contributed by atoms with Gasteiger partial charge in [-0.1, -0.05) is 137 Å². The summed E-state index contributed by atoms with van der Waals surface area (Å²) in [6.45, 7) is 37.2. The molecular formula is C41H62O4S4Si4V. The number of rotatable bonds is 8. The third kappa shape index (κ3) is 16.6. The second kappa shape index (κ2) is 23.1. The average Bonchev–Trinajstić information content (AvgIpc) is 3.04. The summed E-state index contributed by atoms with van der Waals surface area (Å²) >= 11 is 21.9. The number of hydrogen-bond acceptors (Lipinski definition) is 8. The number of thiol groups is 2. The number of benzene rings is 4. The molecule has 0 atom stereocenters. The van der Waals surface area contributed by atoms with Crippen LogP contribution in [0.1, 0.15) is 13.8 Å². The molecule has 0 fully saturated rings. The normalized spacial score (nSPS) is 11.3. The summed E-state index contributed by atoms with van der Waals surface area (Å²) in [7, 11) is -5.87. The van der Waals surface area contributed by atoms with E-state index >= 15 is 0 Å². The van der Waals surface area contributed by atoms with Crippen molar-refractivity contribution in [3.63, 3.8) is 0 Å². The summed E-state index contributed by atoms with van der Waals surface area (Å²) < 4.78 is 20.5. The molecule has 0 aliphatic heterocycles. The molecule has 0 aliphatic rings. The SMILES string of the molecule is C=C.CC(C)O.C[Si](C)(C)c1cccc(Oc2cccc([Si](C)(C)C)c2S)c1S.C[Si](C)(C)c1cccc(Oc2cccc([Si](C)(C)C)c2[S-])c1[S-].[O]=[V+2]. The van der Waals surface area contributed by atoms with Gasteiger partial charge >= 0.3 is 21.0 Å². The second-order valence-corrected chi connectivity index (χ2v) is 38.7. The molecular weight excluding hydrogens is 848 g/mol. The van der Waals surface area contributed by atoms with Gasteiger partial charge in [-0.3, -0.25) is 0 Å². The molecule has 0 amide bonds. The van der Waals surface area contributed by atoms with Crippen molar-refractivity contribution in [3.05, 3.63) is 86.0 Å².